The Balaban J connectivity index is 1.44. The van der Waals surface area contributed by atoms with Crippen molar-refractivity contribution < 1.29 is 37.3 Å². The van der Waals surface area contributed by atoms with Crippen molar-refractivity contribution in [3.8, 4) is 22.8 Å². The number of halogens is 3. The second-order valence-corrected chi connectivity index (χ2v) is 9.58. The number of H-pyrrole nitrogens is 1. The van der Waals surface area contributed by atoms with Crippen molar-refractivity contribution >= 4 is 11.7 Å². The first-order chi connectivity index (χ1) is 19.7. The number of aromatic amines is 1. The Morgan fingerprint density at radius 2 is 1.83 bits per heavy atom. The molecule has 1 aliphatic heterocycles. The third kappa shape index (κ3) is 6.80. The topological polar surface area (TPSA) is 96.9 Å². The highest BCUT2D eigenvalue weighted by atomic mass is 19.4. The van der Waals surface area contributed by atoms with Gasteiger partial charge < -0.3 is 24.2 Å². The van der Waals surface area contributed by atoms with Gasteiger partial charge in [-0.1, -0.05) is 24.3 Å². The predicted molar refractivity (Wildman–Crippen MR) is 145 cm³/mol. The number of carbonyl (C=O) groups is 1. The molecule has 1 unspecified atom stereocenters. The van der Waals surface area contributed by atoms with E-state index in [1.807, 2.05) is 24.3 Å². The zero-order valence-electron chi connectivity index (χ0n) is 22.1. The van der Waals surface area contributed by atoms with Crippen LogP contribution in [-0.2, 0) is 15.7 Å². The van der Waals surface area contributed by atoms with Crippen molar-refractivity contribution in [3.05, 3.63) is 95.2 Å². The highest BCUT2D eigenvalue weighted by Crippen LogP contribution is 2.36. The lowest BCUT2D eigenvalue weighted by Crippen LogP contribution is -2.36. The summed E-state index contributed by atoms with van der Waals surface area (Å²) in [6, 6.07) is 19.4. The van der Waals surface area contributed by atoms with E-state index in [9.17, 15) is 18.0 Å². The van der Waals surface area contributed by atoms with E-state index in [2.05, 4.69) is 15.1 Å². The van der Waals surface area contributed by atoms with Gasteiger partial charge in [-0.2, -0.15) is 18.3 Å². The minimum atomic E-state index is -4.53. The van der Waals surface area contributed by atoms with Crippen LogP contribution in [0.5, 0.6) is 11.5 Å². The van der Waals surface area contributed by atoms with Crippen LogP contribution in [0.15, 0.2) is 72.8 Å². The van der Waals surface area contributed by atoms with Crippen LogP contribution in [0, 0.1) is 6.92 Å². The molecule has 1 aliphatic rings. The summed E-state index contributed by atoms with van der Waals surface area (Å²) in [7, 11) is 0. The first-order valence-electron chi connectivity index (χ1n) is 12.9. The Morgan fingerprint density at radius 1 is 1.07 bits per heavy atom. The van der Waals surface area contributed by atoms with Gasteiger partial charge in [-0.15, -0.1) is 0 Å². The summed E-state index contributed by atoms with van der Waals surface area (Å²) < 4.78 is 57.6. The monoisotopic (exact) mass is 567 g/mol. The van der Waals surface area contributed by atoms with E-state index < -0.39 is 30.4 Å². The summed E-state index contributed by atoms with van der Waals surface area (Å²) in [5, 5.41) is 16.3. The lowest BCUT2D eigenvalue weighted by atomic mass is 10.0. The number of nitrogens with one attached hydrogen (secondary N) is 1. The van der Waals surface area contributed by atoms with Crippen LogP contribution in [0.4, 0.5) is 18.9 Å². The standard InChI is InChI=1S/C30H28F3N3O5/c1-19-15-24(9-10-27(19)40-18-28(37)38)41-29(21-3-2-4-22(16-21)30(31,32)33)26-17-25(34-35-26)20-5-7-23(8-6-20)36-11-13-39-14-12-36/h2-10,15-17,29H,11-14,18H2,1H3,(H,34,35)(H,37,38). The first-order valence-corrected chi connectivity index (χ1v) is 12.9. The second-order valence-electron chi connectivity index (χ2n) is 9.58. The molecular weight excluding hydrogens is 539 g/mol. The Kier molecular flexibility index (Phi) is 8.16. The summed E-state index contributed by atoms with van der Waals surface area (Å²) in [5.41, 5.74) is 3.08. The van der Waals surface area contributed by atoms with Gasteiger partial charge in [0.2, 0.25) is 0 Å². The number of benzene rings is 3. The molecule has 0 spiro atoms. The molecule has 4 aromatic rings. The van der Waals surface area contributed by atoms with Crippen LogP contribution in [-0.4, -0.2) is 54.2 Å². The third-order valence-electron chi connectivity index (χ3n) is 6.69. The maximum absolute atomic E-state index is 13.6. The summed E-state index contributed by atoms with van der Waals surface area (Å²) in [4.78, 5) is 13.1. The van der Waals surface area contributed by atoms with Gasteiger partial charge in [-0.05, 0) is 72.1 Å². The normalized spacial score (nSPS) is 14.5. The van der Waals surface area contributed by atoms with Gasteiger partial charge in [0, 0.05) is 18.8 Å². The zero-order valence-corrected chi connectivity index (χ0v) is 22.1. The molecule has 0 bridgehead atoms. The number of rotatable bonds is 9. The second kappa shape index (κ2) is 11.9. The molecule has 2 N–H and O–H groups in total. The number of morpholine rings is 1. The SMILES string of the molecule is Cc1cc(OC(c2cccc(C(F)(F)F)c2)c2cc(-c3ccc(N4CCOCC4)cc3)[nH]n2)ccc1OCC(=O)O. The van der Waals surface area contributed by atoms with Gasteiger partial charge in [-0.25, -0.2) is 4.79 Å². The Labute approximate surface area is 234 Å². The molecule has 0 radical (unpaired) electrons. The molecule has 0 aliphatic carbocycles. The van der Waals surface area contributed by atoms with Gasteiger partial charge in [0.15, 0.2) is 12.7 Å². The van der Waals surface area contributed by atoms with Gasteiger partial charge >= 0.3 is 12.1 Å². The summed E-state index contributed by atoms with van der Waals surface area (Å²) in [5.74, 6) is -0.399. The Bertz CT molecular complexity index is 1500. The minimum Gasteiger partial charge on any atom is -0.482 e. The Hall–Kier alpha value is -4.51. The van der Waals surface area contributed by atoms with Crippen LogP contribution in [0.3, 0.4) is 0 Å². The molecule has 8 nitrogen and oxygen atoms in total. The van der Waals surface area contributed by atoms with Crippen LogP contribution < -0.4 is 14.4 Å². The molecule has 0 amide bonds. The van der Waals surface area contributed by atoms with Gasteiger partial charge in [-0.3, -0.25) is 5.10 Å². The van der Waals surface area contributed by atoms with Crippen molar-refractivity contribution in [2.75, 3.05) is 37.8 Å². The van der Waals surface area contributed by atoms with Crippen LogP contribution in [0.25, 0.3) is 11.3 Å². The molecule has 1 saturated heterocycles. The quantitative estimate of drug-likeness (QED) is 0.261. The number of aromatic nitrogens is 2. The number of hydrogen-bond donors (Lipinski definition) is 2. The van der Waals surface area contributed by atoms with Crippen LogP contribution >= 0.6 is 0 Å². The van der Waals surface area contributed by atoms with Crippen LogP contribution in [0.1, 0.15) is 28.5 Å². The molecule has 5 rings (SSSR count). The summed E-state index contributed by atoms with van der Waals surface area (Å²) in [6.07, 6.45) is -5.50. The number of aryl methyl sites for hydroxylation is 1. The summed E-state index contributed by atoms with van der Waals surface area (Å²) >= 11 is 0. The lowest BCUT2D eigenvalue weighted by molar-refractivity contribution is -0.139. The fourth-order valence-electron chi connectivity index (χ4n) is 4.60. The molecule has 2 heterocycles. The largest absolute Gasteiger partial charge is 0.482 e. The van der Waals surface area contributed by atoms with Crippen molar-refractivity contribution in [2.24, 2.45) is 0 Å². The number of hydrogen-bond acceptors (Lipinski definition) is 6. The average Bonchev–Trinajstić information content (AvgIpc) is 3.45. The third-order valence-corrected chi connectivity index (χ3v) is 6.69. The van der Waals surface area contributed by atoms with Crippen molar-refractivity contribution in [2.45, 2.75) is 19.2 Å². The van der Waals surface area contributed by atoms with E-state index in [1.54, 1.807) is 37.3 Å². The van der Waals surface area contributed by atoms with Gasteiger partial charge in [0.05, 0.1) is 24.5 Å². The summed E-state index contributed by atoms with van der Waals surface area (Å²) in [6.45, 7) is 4.21. The number of aliphatic carboxylic acids is 1. The molecule has 11 heteroatoms. The minimum absolute atomic E-state index is 0.268. The predicted octanol–water partition coefficient (Wildman–Crippen LogP) is 5.87. The smallest absolute Gasteiger partial charge is 0.416 e. The molecule has 3 aromatic carbocycles. The molecular formula is C30H28F3N3O5. The molecule has 1 atom stereocenters. The van der Waals surface area contributed by atoms with E-state index in [0.717, 1.165) is 36.5 Å². The molecule has 214 valence electrons. The van der Waals surface area contributed by atoms with Crippen molar-refractivity contribution in [1.82, 2.24) is 10.2 Å². The van der Waals surface area contributed by atoms with Crippen LogP contribution in [0.2, 0.25) is 0 Å². The number of anilines is 1. The average molecular weight is 568 g/mol. The van der Waals surface area contributed by atoms with E-state index in [0.29, 0.717) is 41.7 Å². The van der Waals surface area contributed by atoms with E-state index in [1.165, 1.54) is 6.07 Å². The van der Waals surface area contributed by atoms with E-state index in [4.69, 9.17) is 19.3 Å². The maximum Gasteiger partial charge on any atom is 0.416 e. The molecule has 41 heavy (non-hydrogen) atoms. The first kappa shape index (κ1) is 28.0. The number of carboxylic acids is 1. The Morgan fingerprint density at radius 3 is 2.51 bits per heavy atom. The molecule has 0 saturated carbocycles. The fourth-order valence-corrected chi connectivity index (χ4v) is 4.60. The van der Waals surface area contributed by atoms with E-state index >= 15 is 0 Å². The van der Waals surface area contributed by atoms with Crippen molar-refractivity contribution in [1.29, 1.82) is 0 Å². The fraction of sp³-hybridized carbons (Fsp3) is 0.267. The molecule has 1 fully saturated rings. The highest BCUT2D eigenvalue weighted by molar-refractivity contribution is 5.68. The number of carboxylic acid groups (broad SMARTS) is 1. The number of ether oxygens (including phenoxy) is 3. The highest BCUT2D eigenvalue weighted by Gasteiger charge is 2.32. The van der Waals surface area contributed by atoms with Crippen molar-refractivity contribution in [3.63, 3.8) is 0 Å². The maximum atomic E-state index is 13.6. The lowest BCUT2D eigenvalue weighted by Gasteiger charge is -2.28. The van der Waals surface area contributed by atoms with Gasteiger partial charge in [0.1, 0.15) is 17.2 Å². The van der Waals surface area contributed by atoms with Gasteiger partial charge in [0.25, 0.3) is 0 Å². The van der Waals surface area contributed by atoms with E-state index in [-0.39, 0.29) is 5.56 Å². The number of alkyl halides is 3. The zero-order chi connectivity index (χ0) is 29.0. The molecule has 1 aromatic heterocycles. The number of nitrogens with zero attached hydrogens (tertiary/aromatic N) is 2.